The van der Waals surface area contributed by atoms with Gasteiger partial charge in [0.05, 0.1) is 47.3 Å². The van der Waals surface area contributed by atoms with Gasteiger partial charge in [-0.3, -0.25) is 0 Å². The molecule has 0 fully saturated rings. The Hall–Kier alpha value is -6.35. The zero-order valence-electron chi connectivity index (χ0n) is 29.3. The molecule has 1 aromatic heterocycles. The zero-order valence-corrected chi connectivity index (χ0v) is 29.3. The van der Waals surface area contributed by atoms with Crippen LogP contribution in [0.3, 0.4) is 0 Å². The van der Waals surface area contributed by atoms with Crippen LogP contribution >= 0.6 is 0 Å². The van der Waals surface area contributed by atoms with Gasteiger partial charge in [-0.05, 0) is 96.5 Å². The van der Waals surface area contributed by atoms with Crippen LogP contribution < -0.4 is 0 Å². The second-order valence-electron chi connectivity index (χ2n) is 14.7. The summed E-state index contributed by atoms with van der Waals surface area (Å²) in [7, 11) is 0. The maximum absolute atomic E-state index is 10.1. The van der Waals surface area contributed by atoms with Crippen LogP contribution in [0, 0.1) is 51.2 Å². The summed E-state index contributed by atoms with van der Waals surface area (Å²) in [6.07, 6.45) is 27.2. The molecule has 1 aliphatic heterocycles. The van der Waals surface area contributed by atoms with Crippen LogP contribution in [0.2, 0.25) is 0 Å². The molecule has 5 unspecified atom stereocenters. The Labute approximate surface area is 304 Å². The number of nitriles is 3. The molecule has 0 saturated carbocycles. The lowest BCUT2D eigenvalue weighted by molar-refractivity contribution is 0.285. The normalized spacial score (nSPS) is 26.0. The van der Waals surface area contributed by atoms with Crippen molar-refractivity contribution < 1.29 is 0 Å². The van der Waals surface area contributed by atoms with Crippen LogP contribution in [0.25, 0.3) is 33.0 Å². The van der Waals surface area contributed by atoms with E-state index in [-0.39, 0.29) is 29.3 Å². The first-order valence-electron chi connectivity index (χ1n) is 18.2. The fourth-order valence-electron chi connectivity index (χ4n) is 9.28. The lowest BCUT2D eigenvalue weighted by atomic mass is 9.72. The molecule has 9 rings (SSSR count). The Morgan fingerprint density at radius 3 is 2.42 bits per heavy atom. The molecule has 0 saturated heterocycles. The molecule has 4 aliphatic carbocycles. The van der Waals surface area contributed by atoms with E-state index in [0.29, 0.717) is 11.1 Å². The SMILES string of the molecule is CC1C2=C(C=CC1C#N)C1(C)C=CC=CC1N2C1=C(c2cc(C#N)ccc2C2=CCC(n3c4ccccc4c4cc(C#N)ccc43)C=C2)CCC=C1. The molecular weight excluding hydrogens is 635 g/mol. The van der Waals surface area contributed by atoms with E-state index in [9.17, 15) is 15.8 Å². The minimum atomic E-state index is -0.220. The molecule has 4 aromatic rings. The second-order valence-corrected chi connectivity index (χ2v) is 14.7. The summed E-state index contributed by atoms with van der Waals surface area (Å²) >= 11 is 0. The van der Waals surface area contributed by atoms with Crippen LogP contribution in [0.1, 0.15) is 61.4 Å². The topological polar surface area (TPSA) is 79.5 Å². The van der Waals surface area contributed by atoms with Gasteiger partial charge in [-0.15, -0.1) is 0 Å². The van der Waals surface area contributed by atoms with E-state index in [1.165, 1.54) is 16.8 Å². The summed E-state index contributed by atoms with van der Waals surface area (Å²) in [5.74, 6) is -0.156. The molecule has 3 aromatic carbocycles. The first-order valence-corrected chi connectivity index (χ1v) is 18.2. The van der Waals surface area contributed by atoms with Gasteiger partial charge in [-0.2, -0.15) is 15.8 Å². The number of fused-ring (bicyclic) bond motifs is 5. The Kier molecular flexibility index (Phi) is 7.39. The molecule has 0 bridgehead atoms. The minimum Gasteiger partial charge on any atom is -0.336 e. The predicted molar refractivity (Wildman–Crippen MR) is 208 cm³/mol. The van der Waals surface area contributed by atoms with E-state index in [0.717, 1.165) is 63.5 Å². The van der Waals surface area contributed by atoms with E-state index in [1.54, 1.807) is 0 Å². The van der Waals surface area contributed by atoms with Crippen LogP contribution in [-0.2, 0) is 0 Å². The van der Waals surface area contributed by atoms with Crippen molar-refractivity contribution in [3.05, 3.63) is 167 Å². The lowest BCUT2D eigenvalue weighted by Gasteiger charge is -2.39. The van der Waals surface area contributed by atoms with Crippen molar-refractivity contribution in [1.29, 1.82) is 15.8 Å². The lowest BCUT2D eigenvalue weighted by Crippen LogP contribution is -2.39. The average Bonchev–Trinajstić information content (AvgIpc) is 3.67. The van der Waals surface area contributed by atoms with Crippen molar-refractivity contribution in [3.63, 3.8) is 0 Å². The number of benzene rings is 3. The first kappa shape index (κ1) is 31.6. The van der Waals surface area contributed by atoms with Gasteiger partial charge in [0.2, 0.25) is 0 Å². The van der Waals surface area contributed by atoms with E-state index >= 15 is 0 Å². The van der Waals surface area contributed by atoms with E-state index < -0.39 is 0 Å². The van der Waals surface area contributed by atoms with Gasteiger partial charge in [0.1, 0.15) is 0 Å². The van der Waals surface area contributed by atoms with Gasteiger partial charge < -0.3 is 9.47 Å². The standard InChI is InChI=1S/C47H37N5/c1-30-34(29-50)18-22-41-46(30)52(45-13-7-8-24-47(41,45)2)43-12-6-3-9-37(43)39-25-31(27-48)14-21-36(39)33-16-19-35(20-17-33)51-42-11-5-4-10-38(42)40-26-32(28-49)15-23-44(40)51/h4-8,10-19,21-26,30,34-35,45H,3,9,20H2,1-2H3. The molecule has 0 N–H and O–H groups in total. The van der Waals surface area contributed by atoms with Crippen molar-refractivity contribution in [2.75, 3.05) is 0 Å². The Morgan fingerprint density at radius 1 is 0.808 bits per heavy atom. The quantitative estimate of drug-likeness (QED) is 0.216. The third-order valence-electron chi connectivity index (χ3n) is 11.9. The van der Waals surface area contributed by atoms with Crippen LogP contribution in [0.4, 0.5) is 0 Å². The number of hydrogen-bond donors (Lipinski definition) is 0. The summed E-state index contributed by atoms with van der Waals surface area (Å²) in [6.45, 7) is 4.51. The fraction of sp³-hybridized carbons (Fsp3) is 0.213. The summed E-state index contributed by atoms with van der Waals surface area (Å²) in [6, 6.07) is 28.0. The molecule has 5 atom stereocenters. The van der Waals surface area contributed by atoms with Gasteiger partial charge in [-0.1, -0.05) is 91.9 Å². The predicted octanol–water partition coefficient (Wildman–Crippen LogP) is 10.6. The number of nitrogens with zero attached hydrogens (tertiary/aromatic N) is 5. The number of para-hydroxylation sites is 1. The highest BCUT2D eigenvalue weighted by Gasteiger charge is 2.51. The molecule has 2 heterocycles. The van der Waals surface area contributed by atoms with Gasteiger partial charge >= 0.3 is 0 Å². The molecule has 5 aliphatic rings. The highest BCUT2D eigenvalue weighted by molar-refractivity contribution is 6.08. The number of aromatic nitrogens is 1. The maximum atomic E-state index is 10.1. The van der Waals surface area contributed by atoms with Gasteiger partial charge in [-0.25, -0.2) is 0 Å². The number of allylic oxidation sites excluding steroid dienone is 12. The third-order valence-corrected chi connectivity index (χ3v) is 11.9. The smallest absolute Gasteiger partial charge is 0.0991 e. The highest BCUT2D eigenvalue weighted by Crippen LogP contribution is 2.55. The summed E-state index contributed by atoms with van der Waals surface area (Å²) in [5.41, 5.74) is 11.6. The summed E-state index contributed by atoms with van der Waals surface area (Å²) in [4.78, 5) is 2.52. The van der Waals surface area contributed by atoms with Crippen LogP contribution in [0.15, 0.2) is 144 Å². The van der Waals surface area contributed by atoms with Gasteiger partial charge in [0.15, 0.2) is 0 Å². The van der Waals surface area contributed by atoms with Gasteiger partial charge in [0, 0.05) is 44.5 Å². The van der Waals surface area contributed by atoms with Gasteiger partial charge in [0.25, 0.3) is 0 Å². The van der Waals surface area contributed by atoms with Crippen molar-refractivity contribution in [1.82, 2.24) is 9.47 Å². The average molecular weight is 672 g/mol. The number of rotatable bonds is 4. The van der Waals surface area contributed by atoms with Crippen LogP contribution in [0.5, 0.6) is 0 Å². The molecular formula is C47H37N5. The van der Waals surface area contributed by atoms with Crippen molar-refractivity contribution in [2.45, 2.75) is 45.2 Å². The first-order chi connectivity index (χ1) is 25.4. The van der Waals surface area contributed by atoms with Crippen molar-refractivity contribution in [2.24, 2.45) is 17.3 Å². The monoisotopic (exact) mass is 671 g/mol. The Bertz CT molecular complexity index is 2590. The maximum Gasteiger partial charge on any atom is 0.0991 e. The second kappa shape index (κ2) is 12.2. The minimum absolute atomic E-state index is 0.0384. The number of hydrogen-bond acceptors (Lipinski definition) is 4. The Morgan fingerprint density at radius 2 is 1.62 bits per heavy atom. The molecule has 0 radical (unpaired) electrons. The van der Waals surface area contributed by atoms with Crippen LogP contribution in [-0.4, -0.2) is 15.5 Å². The Balaban J connectivity index is 1.16. The summed E-state index contributed by atoms with van der Waals surface area (Å²) in [5, 5.41) is 32.1. The van der Waals surface area contributed by atoms with E-state index in [1.807, 2.05) is 18.2 Å². The van der Waals surface area contributed by atoms with Crippen molar-refractivity contribution in [3.8, 4) is 18.2 Å². The summed E-state index contributed by atoms with van der Waals surface area (Å²) < 4.78 is 2.40. The zero-order chi connectivity index (χ0) is 35.6. The molecule has 5 nitrogen and oxygen atoms in total. The highest BCUT2D eigenvalue weighted by atomic mass is 15.2. The van der Waals surface area contributed by atoms with E-state index in [4.69, 9.17) is 0 Å². The largest absolute Gasteiger partial charge is 0.336 e. The molecule has 0 spiro atoms. The van der Waals surface area contributed by atoms with Crippen molar-refractivity contribution >= 4 is 33.0 Å². The van der Waals surface area contributed by atoms with E-state index in [2.05, 4.69) is 151 Å². The molecule has 250 valence electrons. The molecule has 5 heteroatoms. The fourth-order valence-corrected chi connectivity index (χ4v) is 9.28. The third kappa shape index (κ3) is 4.65. The molecule has 0 amide bonds. The molecule has 52 heavy (non-hydrogen) atoms.